The van der Waals surface area contributed by atoms with Crippen LogP contribution in [0.5, 0.6) is 0 Å². The molecule has 1 rings (SSSR count). The topological polar surface area (TPSA) is 29.3 Å². The molecule has 2 unspecified atom stereocenters. The second kappa shape index (κ2) is 7.27. The first-order valence-corrected chi connectivity index (χ1v) is 7.45. The van der Waals surface area contributed by atoms with Crippen molar-refractivity contribution in [3.8, 4) is 0 Å². The summed E-state index contributed by atoms with van der Waals surface area (Å²) in [6.45, 7) is 8.40. The second-order valence-electron chi connectivity index (χ2n) is 5.21. The van der Waals surface area contributed by atoms with Gasteiger partial charge >= 0.3 is 0 Å². The first kappa shape index (κ1) is 15.7. The molecule has 0 bridgehead atoms. The number of hydrogen-bond acceptors (Lipinski definition) is 2. The van der Waals surface area contributed by atoms with E-state index in [2.05, 4.69) is 66.8 Å². The zero-order chi connectivity index (χ0) is 13.7. The summed E-state index contributed by atoms with van der Waals surface area (Å²) in [6, 6.07) is 6.83. The van der Waals surface area contributed by atoms with Crippen molar-refractivity contribution < 1.29 is 0 Å². The van der Waals surface area contributed by atoms with Gasteiger partial charge in [0, 0.05) is 23.6 Å². The third kappa shape index (κ3) is 4.08. The molecule has 0 heterocycles. The molecule has 2 nitrogen and oxygen atoms in total. The molecule has 0 spiro atoms. The van der Waals surface area contributed by atoms with Gasteiger partial charge in [-0.1, -0.05) is 48.3 Å². The van der Waals surface area contributed by atoms with E-state index in [1.165, 1.54) is 17.5 Å². The third-order valence-corrected chi connectivity index (χ3v) is 4.51. The Bertz CT molecular complexity index is 379. The lowest BCUT2D eigenvalue weighted by Crippen LogP contribution is -2.33. The van der Waals surface area contributed by atoms with Gasteiger partial charge in [0.1, 0.15) is 0 Å². The minimum atomic E-state index is 0.311. The van der Waals surface area contributed by atoms with Crippen molar-refractivity contribution in [3.63, 3.8) is 0 Å². The summed E-state index contributed by atoms with van der Waals surface area (Å²) in [7, 11) is 2.17. The number of nitrogens with zero attached hydrogens (tertiary/aromatic N) is 1. The zero-order valence-corrected chi connectivity index (χ0v) is 13.5. The van der Waals surface area contributed by atoms with Crippen molar-refractivity contribution in [3.05, 3.63) is 33.8 Å². The molecule has 0 radical (unpaired) electrons. The van der Waals surface area contributed by atoms with Crippen molar-refractivity contribution in [1.29, 1.82) is 0 Å². The van der Waals surface area contributed by atoms with E-state index in [9.17, 15) is 0 Å². The molecule has 18 heavy (non-hydrogen) atoms. The fourth-order valence-corrected chi connectivity index (χ4v) is 2.44. The molecule has 0 saturated heterocycles. The molecule has 1 aromatic rings. The number of aryl methyl sites for hydroxylation is 1. The SMILES string of the molecule is CCC(C)CN(C)C(CN)c1ccc(Br)c(C)c1. The van der Waals surface area contributed by atoms with Crippen LogP contribution in [-0.2, 0) is 0 Å². The van der Waals surface area contributed by atoms with Crippen LogP contribution in [0, 0.1) is 12.8 Å². The lowest BCUT2D eigenvalue weighted by molar-refractivity contribution is 0.215. The van der Waals surface area contributed by atoms with Crippen LogP contribution in [0.15, 0.2) is 22.7 Å². The Hall–Kier alpha value is -0.380. The van der Waals surface area contributed by atoms with Crippen LogP contribution >= 0.6 is 15.9 Å². The minimum absolute atomic E-state index is 0.311. The third-order valence-electron chi connectivity index (χ3n) is 3.62. The standard InChI is InChI=1S/C15H25BrN2/c1-5-11(2)10-18(4)15(9-17)13-6-7-14(16)12(3)8-13/h6-8,11,15H,5,9-10,17H2,1-4H3. The maximum absolute atomic E-state index is 5.96. The smallest absolute Gasteiger partial charge is 0.0467 e. The average Bonchev–Trinajstić information content (AvgIpc) is 2.34. The van der Waals surface area contributed by atoms with Gasteiger partial charge in [0.25, 0.3) is 0 Å². The Morgan fingerprint density at radius 3 is 2.56 bits per heavy atom. The lowest BCUT2D eigenvalue weighted by atomic mass is 10.0. The highest BCUT2D eigenvalue weighted by atomic mass is 79.9. The number of hydrogen-bond donors (Lipinski definition) is 1. The van der Waals surface area contributed by atoms with Crippen LogP contribution in [0.2, 0.25) is 0 Å². The van der Waals surface area contributed by atoms with Crippen LogP contribution in [0.25, 0.3) is 0 Å². The molecule has 2 N–H and O–H groups in total. The Morgan fingerprint density at radius 1 is 1.39 bits per heavy atom. The van der Waals surface area contributed by atoms with Crippen molar-refractivity contribution in [2.75, 3.05) is 20.1 Å². The molecular weight excluding hydrogens is 288 g/mol. The van der Waals surface area contributed by atoms with E-state index in [0.29, 0.717) is 18.5 Å². The summed E-state index contributed by atoms with van der Waals surface area (Å²) >= 11 is 3.54. The molecule has 102 valence electrons. The fraction of sp³-hybridized carbons (Fsp3) is 0.600. The van der Waals surface area contributed by atoms with Crippen LogP contribution in [0.4, 0.5) is 0 Å². The molecule has 1 aromatic carbocycles. The molecule has 0 aliphatic heterocycles. The highest BCUT2D eigenvalue weighted by Gasteiger charge is 2.17. The van der Waals surface area contributed by atoms with Crippen LogP contribution in [0.3, 0.4) is 0 Å². The largest absolute Gasteiger partial charge is 0.329 e. The number of benzene rings is 1. The number of rotatable bonds is 6. The van der Waals surface area contributed by atoms with Gasteiger partial charge in [-0.2, -0.15) is 0 Å². The van der Waals surface area contributed by atoms with E-state index in [1.807, 2.05) is 0 Å². The van der Waals surface area contributed by atoms with Gasteiger partial charge in [0.2, 0.25) is 0 Å². The molecule has 0 aliphatic carbocycles. The second-order valence-corrected chi connectivity index (χ2v) is 6.07. The predicted molar refractivity (Wildman–Crippen MR) is 82.8 cm³/mol. The molecule has 0 fully saturated rings. The van der Waals surface area contributed by atoms with Crippen molar-refractivity contribution in [1.82, 2.24) is 4.90 Å². The predicted octanol–water partition coefficient (Wildman–Crippen LogP) is 3.74. The summed E-state index contributed by atoms with van der Waals surface area (Å²) in [5.41, 5.74) is 8.53. The summed E-state index contributed by atoms with van der Waals surface area (Å²) in [5, 5.41) is 0. The van der Waals surface area contributed by atoms with Crippen molar-refractivity contribution >= 4 is 15.9 Å². The Balaban J connectivity index is 2.84. The van der Waals surface area contributed by atoms with Crippen LogP contribution in [0.1, 0.15) is 37.4 Å². The number of nitrogens with two attached hydrogens (primary N) is 1. The lowest BCUT2D eigenvalue weighted by Gasteiger charge is -2.29. The normalized spacial score (nSPS) is 14.8. The summed E-state index contributed by atoms with van der Waals surface area (Å²) in [5.74, 6) is 0.709. The monoisotopic (exact) mass is 312 g/mol. The molecule has 0 aromatic heterocycles. The molecule has 3 heteroatoms. The summed E-state index contributed by atoms with van der Waals surface area (Å²) < 4.78 is 1.16. The van der Waals surface area contributed by atoms with E-state index in [1.54, 1.807) is 0 Å². The van der Waals surface area contributed by atoms with Crippen molar-refractivity contribution in [2.24, 2.45) is 11.7 Å². The maximum atomic E-state index is 5.96. The highest BCUT2D eigenvalue weighted by Crippen LogP contribution is 2.24. The molecule has 2 atom stereocenters. The van der Waals surface area contributed by atoms with Gasteiger partial charge in [0.15, 0.2) is 0 Å². The van der Waals surface area contributed by atoms with Crippen LogP contribution < -0.4 is 5.73 Å². The average molecular weight is 313 g/mol. The van der Waals surface area contributed by atoms with Gasteiger partial charge in [-0.15, -0.1) is 0 Å². The van der Waals surface area contributed by atoms with E-state index >= 15 is 0 Å². The van der Waals surface area contributed by atoms with E-state index in [4.69, 9.17) is 5.73 Å². The first-order chi connectivity index (χ1) is 8.49. The van der Waals surface area contributed by atoms with Gasteiger partial charge < -0.3 is 5.73 Å². The zero-order valence-electron chi connectivity index (χ0n) is 11.9. The van der Waals surface area contributed by atoms with Crippen LogP contribution in [-0.4, -0.2) is 25.0 Å². The number of likely N-dealkylation sites (N-methyl/N-ethyl adjacent to an activating group) is 1. The molecule has 0 saturated carbocycles. The highest BCUT2D eigenvalue weighted by molar-refractivity contribution is 9.10. The maximum Gasteiger partial charge on any atom is 0.0467 e. The quantitative estimate of drug-likeness (QED) is 0.867. The molecule has 0 aliphatic rings. The van der Waals surface area contributed by atoms with Gasteiger partial charge in [-0.3, -0.25) is 4.90 Å². The fourth-order valence-electron chi connectivity index (χ4n) is 2.19. The van der Waals surface area contributed by atoms with E-state index in [-0.39, 0.29) is 0 Å². The minimum Gasteiger partial charge on any atom is -0.329 e. The Morgan fingerprint density at radius 2 is 2.06 bits per heavy atom. The van der Waals surface area contributed by atoms with Gasteiger partial charge in [-0.25, -0.2) is 0 Å². The van der Waals surface area contributed by atoms with E-state index in [0.717, 1.165) is 11.0 Å². The molecular formula is C15H25BrN2. The van der Waals surface area contributed by atoms with E-state index < -0.39 is 0 Å². The molecule has 0 amide bonds. The summed E-state index contributed by atoms with van der Waals surface area (Å²) in [4.78, 5) is 2.37. The summed E-state index contributed by atoms with van der Waals surface area (Å²) in [6.07, 6.45) is 1.21. The Labute approximate surface area is 120 Å². The van der Waals surface area contributed by atoms with Gasteiger partial charge in [0.05, 0.1) is 0 Å². The van der Waals surface area contributed by atoms with Crippen molar-refractivity contribution in [2.45, 2.75) is 33.2 Å². The number of halogens is 1. The first-order valence-electron chi connectivity index (χ1n) is 6.65. The Kier molecular flexibility index (Phi) is 6.33. The van der Waals surface area contributed by atoms with Gasteiger partial charge in [-0.05, 0) is 37.1 Å².